The molecule has 24 heavy (non-hydrogen) atoms. The third-order valence-corrected chi connectivity index (χ3v) is 6.73. The molecule has 9 heteroatoms. The van der Waals surface area contributed by atoms with Crippen LogP contribution in [0, 0.1) is 16.7 Å². The summed E-state index contributed by atoms with van der Waals surface area (Å²) in [5, 5.41) is 9.62. The molecule has 0 radical (unpaired) electrons. The summed E-state index contributed by atoms with van der Waals surface area (Å²) in [5.41, 5.74) is -9.85. The van der Waals surface area contributed by atoms with E-state index in [-0.39, 0.29) is 17.8 Å². The van der Waals surface area contributed by atoms with Crippen LogP contribution in [-0.2, 0) is 14.3 Å². The van der Waals surface area contributed by atoms with Crippen molar-refractivity contribution < 1.29 is 35.3 Å². The summed E-state index contributed by atoms with van der Waals surface area (Å²) in [7, 11) is -5.99. The summed E-state index contributed by atoms with van der Waals surface area (Å²) in [6.45, 7) is 4.29. The topological polar surface area (TPSA) is 63.6 Å². The second-order valence-corrected chi connectivity index (χ2v) is 9.10. The van der Waals surface area contributed by atoms with Gasteiger partial charge in [-0.05, 0) is 36.7 Å². The van der Waals surface area contributed by atoms with Gasteiger partial charge in [-0.15, -0.1) is 0 Å². The first-order valence-electron chi connectivity index (χ1n) is 7.72. The van der Waals surface area contributed by atoms with E-state index in [0.29, 0.717) is 12.8 Å². The number of aliphatic hydroxyl groups is 1. The Morgan fingerprint density at radius 1 is 1.29 bits per heavy atom. The molecule has 0 bridgehead atoms. The molecule has 0 saturated heterocycles. The van der Waals surface area contributed by atoms with E-state index < -0.39 is 39.1 Å². The highest BCUT2D eigenvalue weighted by atomic mass is 32.2. The molecule has 2 aliphatic rings. The number of aliphatic hydroxyl groups excluding tert-OH is 1. The van der Waals surface area contributed by atoms with Gasteiger partial charge in [0.1, 0.15) is 0 Å². The molecule has 4 nitrogen and oxygen atoms in total. The van der Waals surface area contributed by atoms with Crippen molar-refractivity contribution in [1.29, 1.82) is 0 Å². The van der Waals surface area contributed by atoms with Crippen LogP contribution < -0.4 is 0 Å². The van der Waals surface area contributed by atoms with Crippen molar-refractivity contribution in [3.05, 3.63) is 11.8 Å². The molecule has 0 aliphatic heterocycles. The van der Waals surface area contributed by atoms with Crippen LogP contribution in [0.2, 0.25) is 0 Å². The van der Waals surface area contributed by atoms with Gasteiger partial charge >= 0.3 is 15.6 Å². The molecule has 1 saturated carbocycles. The zero-order valence-electron chi connectivity index (χ0n) is 13.8. The minimum atomic E-state index is -5.99. The van der Waals surface area contributed by atoms with Crippen LogP contribution >= 0.6 is 0 Å². The lowest BCUT2D eigenvalue weighted by atomic mass is 9.48. The maximum Gasteiger partial charge on any atom is 0.534 e. The summed E-state index contributed by atoms with van der Waals surface area (Å²) in [6, 6.07) is 0. The molecule has 0 unspecified atom stereocenters. The highest BCUT2D eigenvalue weighted by molar-refractivity contribution is 7.87. The lowest BCUT2D eigenvalue weighted by Gasteiger charge is -2.58. The molecular weight excluding hydrogens is 352 g/mol. The molecule has 140 valence electrons. The highest BCUT2D eigenvalue weighted by Gasteiger charge is 2.64. The minimum absolute atomic E-state index is 0.192. The van der Waals surface area contributed by atoms with Crippen LogP contribution in [0.15, 0.2) is 11.8 Å². The van der Waals surface area contributed by atoms with Gasteiger partial charge in [-0.1, -0.05) is 27.2 Å². The van der Waals surface area contributed by atoms with E-state index in [4.69, 9.17) is 0 Å². The molecule has 0 heterocycles. The predicted molar refractivity (Wildman–Crippen MR) is 78.9 cm³/mol. The van der Waals surface area contributed by atoms with Gasteiger partial charge in [0.05, 0.1) is 6.61 Å². The summed E-state index contributed by atoms with van der Waals surface area (Å²) >= 11 is 0. The molecule has 2 aliphatic carbocycles. The molecule has 0 amide bonds. The van der Waals surface area contributed by atoms with Gasteiger partial charge in [0, 0.05) is 5.41 Å². The van der Waals surface area contributed by atoms with Crippen molar-refractivity contribution in [2.45, 2.75) is 57.6 Å². The van der Waals surface area contributed by atoms with Gasteiger partial charge in [0.15, 0.2) is 11.4 Å². The maximum atomic E-state index is 15.7. The minimum Gasteiger partial charge on any atom is -0.393 e. The number of allylic oxidation sites excluding steroid dienone is 1. The first-order valence-corrected chi connectivity index (χ1v) is 9.13. The Morgan fingerprint density at radius 3 is 2.38 bits per heavy atom. The number of rotatable bonds is 3. The highest BCUT2D eigenvalue weighted by Crippen LogP contribution is 2.62. The van der Waals surface area contributed by atoms with E-state index in [9.17, 15) is 26.7 Å². The van der Waals surface area contributed by atoms with Crippen molar-refractivity contribution in [2.75, 3.05) is 6.61 Å². The van der Waals surface area contributed by atoms with E-state index in [1.54, 1.807) is 6.92 Å². The standard InChI is InChI=1S/C15H22F4O4S/c1-12(2)7-4-8-13(3)10(12)5-6-11(14(13,16)9-20)23-24(21,22)15(17,18)19/h6,10,20H,4-5,7-9H2,1-3H3/t10-,13-,14+/m0/s1. The molecule has 0 aromatic carbocycles. The second kappa shape index (κ2) is 5.59. The van der Waals surface area contributed by atoms with Crippen molar-refractivity contribution in [3.8, 4) is 0 Å². The van der Waals surface area contributed by atoms with E-state index in [0.717, 1.165) is 12.5 Å². The van der Waals surface area contributed by atoms with Crippen molar-refractivity contribution in [3.63, 3.8) is 0 Å². The molecule has 1 fully saturated rings. The van der Waals surface area contributed by atoms with Gasteiger partial charge in [0.2, 0.25) is 0 Å². The van der Waals surface area contributed by atoms with Gasteiger partial charge in [0.25, 0.3) is 0 Å². The average Bonchev–Trinajstić information content (AvgIpc) is 2.41. The smallest absolute Gasteiger partial charge is 0.393 e. The average molecular weight is 374 g/mol. The Hall–Kier alpha value is -0.830. The lowest BCUT2D eigenvalue weighted by molar-refractivity contribution is -0.135. The van der Waals surface area contributed by atoms with Gasteiger partial charge in [-0.25, -0.2) is 4.39 Å². The van der Waals surface area contributed by atoms with E-state index in [1.807, 2.05) is 13.8 Å². The molecule has 3 atom stereocenters. The number of hydrogen-bond donors (Lipinski definition) is 1. The fraction of sp³-hybridized carbons (Fsp3) is 0.867. The normalized spacial score (nSPS) is 36.7. The predicted octanol–water partition coefficient (Wildman–Crippen LogP) is 3.67. The number of halogens is 4. The SMILES string of the molecule is CC1(C)CCC[C@@]2(C)[C@H]1CC=C(OS(=O)(=O)C(F)(F)F)[C@]2(F)CO. The van der Waals surface area contributed by atoms with Crippen LogP contribution in [0.1, 0.15) is 46.5 Å². The second-order valence-electron chi connectivity index (χ2n) is 7.56. The number of fused-ring (bicyclic) bond motifs is 1. The van der Waals surface area contributed by atoms with Crippen LogP contribution in [0.5, 0.6) is 0 Å². The Bertz CT molecular complexity index is 640. The molecular formula is C15H22F4O4S. The zero-order valence-corrected chi connectivity index (χ0v) is 14.6. The first kappa shape index (κ1) is 19.5. The van der Waals surface area contributed by atoms with Gasteiger partial charge in [-0.2, -0.15) is 21.6 Å². The van der Waals surface area contributed by atoms with Crippen molar-refractivity contribution in [2.24, 2.45) is 16.7 Å². The zero-order chi connectivity index (χ0) is 18.6. The molecule has 0 aromatic heterocycles. The maximum absolute atomic E-state index is 15.7. The monoisotopic (exact) mass is 374 g/mol. The van der Waals surface area contributed by atoms with E-state index in [2.05, 4.69) is 4.18 Å². The summed E-state index contributed by atoms with van der Waals surface area (Å²) in [6.07, 6.45) is 3.01. The van der Waals surface area contributed by atoms with Gasteiger partial charge < -0.3 is 9.29 Å². The Balaban J connectivity index is 2.50. The Labute approximate surface area is 139 Å². The number of alkyl halides is 4. The van der Waals surface area contributed by atoms with E-state index in [1.165, 1.54) is 0 Å². The first-order chi connectivity index (χ1) is 10.7. The lowest BCUT2D eigenvalue weighted by Crippen LogP contribution is -2.59. The number of hydrogen-bond acceptors (Lipinski definition) is 4. The summed E-state index contributed by atoms with van der Waals surface area (Å²) in [4.78, 5) is 0. The Morgan fingerprint density at radius 2 is 1.88 bits per heavy atom. The van der Waals surface area contributed by atoms with Gasteiger partial charge in [-0.3, -0.25) is 0 Å². The van der Waals surface area contributed by atoms with Crippen molar-refractivity contribution in [1.82, 2.24) is 0 Å². The fourth-order valence-corrected chi connectivity index (χ4v) is 4.90. The molecule has 0 aromatic rings. The van der Waals surface area contributed by atoms with Crippen LogP contribution in [-0.4, -0.2) is 31.3 Å². The summed E-state index contributed by atoms with van der Waals surface area (Å²) in [5.74, 6) is -1.21. The van der Waals surface area contributed by atoms with Crippen LogP contribution in [0.25, 0.3) is 0 Å². The largest absolute Gasteiger partial charge is 0.534 e. The third kappa shape index (κ3) is 2.73. The molecule has 2 rings (SSSR count). The van der Waals surface area contributed by atoms with Crippen LogP contribution in [0.3, 0.4) is 0 Å². The molecule has 0 spiro atoms. The fourth-order valence-electron chi connectivity index (χ4n) is 4.37. The van der Waals surface area contributed by atoms with E-state index >= 15 is 4.39 Å². The Kier molecular flexibility index (Phi) is 4.54. The third-order valence-electron chi connectivity index (χ3n) is 5.77. The quantitative estimate of drug-likeness (QED) is 0.465. The molecule has 1 N–H and O–H groups in total. The van der Waals surface area contributed by atoms with Crippen LogP contribution in [0.4, 0.5) is 17.6 Å². The van der Waals surface area contributed by atoms with Crippen molar-refractivity contribution >= 4 is 10.1 Å². The summed E-state index contributed by atoms with van der Waals surface area (Å²) < 4.78 is 80.0.